The molecule has 2 atom stereocenters. The van der Waals surface area contributed by atoms with Crippen molar-refractivity contribution in [1.82, 2.24) is 4.98 Å². The summed E-state index contributed by atoms with van der Waals surface area (Å²) in [7, 11) is 0. The van der Waals surface area contributed by atoms with Gasteiger partial charge in [0.2, 0.25) is 0 Å². The Morgan fingerprint density at radius 2 is 1.72 bits per heavy atom. The van der Waals surface area contributed by atoms with Crippen LogP contribution in [0.5, 0.6) is 0 Å². The Labute approximate surface area is 197 Å². The molecule has 0 saturated carbocycles. The number of hydrogen-bond donors (Lipinski definition) is 3. The van der Waals surface area contributed by atoms with Gasteiger partial charge >= 0.3 is 5.97 Å². The quantitative estimate of drug-likeness (QED) is 0.376. The van der Waals surface area contributed by atoms with Gasteiger partial charge in [-0.05, 0) is 41.8 Å². The van der Waals surface area contributed by atoms with E-state index in [0.717, 1.165) is 33.3 Å². The van der Waals surface area contributed by atoms with Crippen LogP contribution in [0.25, 0.3) is 28.1 Å². The maximum absolute atomic E-state index is 10.8. The van der Waals surface area contributed by atoms with Gasteiger partial charge in [-0.2, -0.15) is 0 Å². The number of nitrogens with zero attached hydrogens (tertiary/aromatic N) is 1. The standard InChI is InChI=1S/C25H25Cl2NO4/c1-14(2)25-20(9-8-18(29)12-19(30)13-23(31)32)24(15-3-5-16(26)6-4-15)21-11-17(27)7-10-22(21)28-25/h3-11,14,18-19,29-30H,12-13H2,1-2H3,(H,31,32)/b9-8+. The molecule has 2 aromatic carbocycles. The van der Waals surface area contributed by atoms with Crippen molar-refractivity contribution in [3.63, 3.8) is 0 Å². The number of carboxylic acids is 1. The van der Waals surface area contributed by atoms with E-state index in [1.165, 1.54) is 0 Å². The lowest BCUT2D eigenvalue weighted by Gasteiger charge is -2.18. The zero-order chi connectivity index (χ0) is 23.4. The Morgan fingerprint density at radius 3 is 2.34 bits per heavy atom. The van der Waals surface area contributed by atoms with Gasteiger partial charge in [-0.25, -0.2) is 0 Å². The highest BCUT2D eigenvalue weighted by atomic mass is 35.5. The van der Waals surface area contributed by atoms with E-state index < -0.39 is 24.6 Å². The summed E-state index contributed by atoms with van der Waals surface area (Å²) in [6.07, 6.45) is 0.685. The van der Waals surface area contributed by atoms with Crippen molar-refractivity contribution in [2.24, 2.45) is 0 Å². The van der Waals surface area contributed by atoms with Crippen molar-refractivity contribution in [2.45, 2.75) is 44.8 Å². The van der Waals surface area contributed by atoms with E-state index in [9.17, 15) is 15.0 Å². The molecule has 0 aliphatic rings. The Kier molecular flexibility index (Phi) is 7.91. The molecule has 0 radical (unpaired) electrons. The molecule has 0 fully saturated rings. The predicted octanol–water partition coefficient (Wildman–Crippen LogP) is 5.93. The van der Waals surface area contributed by atoms with Crippen LogP contribution in [-0.4, -0.2) is 38.5 Å². The fourth-order valence-corrected chi connectivity index (χ4v) is 3.95. The molecular weight excluding hydrogens is 449 g/mol. The molecule has 0 spiro atoms. The molecule has 0 aliphatic carbocycles. The Hall–Kier alpha value is -2.44. The predicted molar refractivity (Wildman–Crippen MR) is 129 cm³/mol. The first-order valence-corrected chi connectivity index (χ1v) is 11.1. The second-order valence-electron chi connectivity index (χ2n) is 8.02. The zero-order valence-corrected chi connectivity index (χ0v) is 19.3. The molecule has 0 amide bonds. The summed E-state index contributed by atoms with van der Waals surface area (Å²) in [4.78, 5) is 15.6. The Bertz CT molecular complexity index is 1140. The van der Waals surface area contributed by atoms with Gasteiger partial charge in [0.05, 0.1) is 29.8 Å². The highest BCUT2D eigenvalue weighted by Gasteiger charge is 2.19. The molecular formula is C25H25Cl2NO4. The fourth-order valence-electron chi connectivity index (χ4n) is 3.66. The van der Waals surface area contributed by atoms with E-state index in [0.29, 0.717) is 10.0 Å². The largest absolute Gasteiger partial charge is 0.481 e. The number of carbonyl (C=O) groups is 1. The van der Waals surface area contributed by atoms with Crippen LogP contribution in [0.4, 0.5) is 0 Å². The van der Waals surface area contributed by atoms with Crippen LogP contribution in [0.3, 0.4) is 0 Å². The van der Waals surface area contributed by atoms with E-state index in [1.807, 2.05) is 50.2 Å². The second kappa shape index (κ2) is 10.5. The van der Waals surface area contributed by atoms with Crippen LogP contribution in [-0.2, 0) is 4.79 Å². The van der Waals surface area contributed by atoms with Crippen molar-refractivity contribution in [3.8, 4) is 11.1 Å². The van der Waals surface area contributed by atoms with Gasteiger partial charge in [0.25, 0.3) is 0 Å². The first-order chi connectivity index (χ1) is 15.2. The third-order valence-electron chi connectivity index (χ3n) is 5.10. The van der Waals surface area contributed by atoms with E-state index in [-0.39, 0.29) is 12.3 Å². The molecule has 3 aromatic rings. The summed E-state index contributed by atoms with van der Waals surface area (Å²) in [6, 6.07) is 13.0. The highest BCUT2D eigenvalue weighted by Crippen LogP contribution is 2.38. The van der Waals surface area contributed by atoms with Gasteiger partial charge in [0.15, 0.2) is 0 Å². The number of hydrogen-bond acceptors (Lipinski definition) is 4. The summed E-state index contributed by atoms with van der Waals surface area (Å²) in [5.74, 6) is -1.02. The minimum absolute atomic E-state index is 0.0804. The third kappa shape index (κ3) is 5.87. The number of aliphatic hydroxyl groups excluding tert-OH is 2. The molecule has 3 rings (SSSR count). The zero-order valence-electron chi connectivity index (χ0n) is 17.8. The molecule has 0 aliphatic heterocycles. The van der Waals surface area contributed by atoms with E-state index >= 15 is 0 Å². The molecule has 0 bridgehead atoms. The minimum atomic E-state index is -1.14. The Morgan fingerprint density at radius 1 is 1.06 bits per heavy atom. The fraction of sp³-hybridized carbons (Fsp3) is 0.280. The summed E-state index contributed by atoms with van der Waals surface area (Å²) < 4.78 is 0. The number of aliphatic carboxylic acids is 1. The van der Waals surface area contributed by atoms with Crippen molar-refractivity contribution < 1.29 is 20.1 Å². The Balaban J connectivity index is 2.16. The lowest BCUT2D eigenvalue weighted by molar-refractivity contribution is -0.139. The number of fused-ring (bicyclic) bond motifs is 1. The lowest BCUT2D eigenvalue weighted by Crippen LogP contribution is -2.19. The molecule has 3 N–H and O–H groups in total. The van der Waals surface area contributed by atoms with Crippen molar-refractivity contribution in [1.29, 1.82) is 0 Å². The SMILES string of the molecule is CC(C)c1nc2ccc(Cl)cc2c(-c2ccc(Cl)cc2)c1/C=C/C(O)CC(O)CC(=O)O. The van der Waals surface area contributed by atoms with E-state index in [1.54, 1.807) is 18.2 Å². The number of rotatable bonds is 8. The second-order valence-corrected chi connectivity index (χ2v) is 8.90. The number of aliphatic hydroxyl groups is 2. The lowest BCUT2D eigenvalue weighted by atomic mass is 9.90. The molecule has 0 saturated heterocycles. The molecule has 7 heteroatoms. The van der Waals surface area contributed by atoms with Crippen molar-refractivity contribution in [2.75, 3.05) is 0 Å². The van der Waals surface area contributed by atoms with Crippen LogP contribution in [0.2, 0.25) is 10.0 Å². The van der Waals surface area contributed by atoms with E-state index in [2.05, 4.69) is 0 Å². The molecule has 1 heterocycles. The van der Waals surface area contributed by atoms with Gasteiger partial charge in [0, 0.05) is 33.0 Å². The normalized spacial score (nSPS) is 13.7. The van der Waals surface area contributed by atoms with Crippen LogP contribution in [0.1, 0.15) is 43.9 Å². The highest BCUT2D eigenvalue weighted by molar-refractivity contribution is 6.31. The summed E-state index contributed by atoms with van der Waals surface area (Å²) in [5.41, 5.74) is 4.30. The number of aromatic nitrogens is 1. The van der Waals surface area contributed by atoms with Crippen LogP contribution in [0, 0.1) is 0 Å². The van der Waals surface area contributed by atoms with Crippen molar-refractivity contribution in [3.05, 3.63) is 69.8 Å². The van der Waals surface area contributed by atoms with Crippen LogP contribution in [0.15, 0.2) is 48.5 Å². The number of benzene rings is 2. The summed E-state index contributed by atoms with van der Waals surface area (Å²) in [5, 5.41) is 31.1. The molecule has 1 aromatic heterocycles. The average Bonchev–Trinajstić information content (AvgIpc) is 2.71. The van der Waals surface area contributed by atoms with Crippen LogP contribution >= 0.6 is 23.2 Å². The summed E-state index contributed by atoms with van der Waals surface area (Å²) in [6.45, 7) is 4.08. The van der Waals surface area contributed by atoms with Crippen molar-refractivity contribution >= 4 is 46.2 Å². The smallest absolute Gasteiger partial charge is 0.305 e. The topological polar surface area (TPSA) is 90.7 Å². The minimum Gasteiger partial charge on any atom is -0.481 e. The molecule has 5 nitrogen and oxygen atoms in total. The van der Waals surface area contributed by atoms with E-state index in [4.69, 9.17) is 33.3 Å². The number of carboxylic acid groups (broad SMARTS) is 1. The molecule has 2 unspecified atom stereocenters. The molecule has 168 valence electrons. The maximum Gasteiger partial charge on any atom is 0.305 e. The number of pyridine rings is 1. The summed E-state index contributed by atoms with van der Waals surface area (Å²) >= 11 is 12.4. The van der Waals surface area contributed by atoms with Gasteiger partial charge in [-0.15, -0.1) is 0 Å². The van der Waals surface area contributed by atoms with Gasteiger partial charge in [0.1, 0.15) is 0 Å². The monoisotopic (exact) mass is 473 g/mol. The first kappa shape index (κ1) is 24.2. The first-order valence-electron chi connectivity index (χ1n) is 10.3. The van der Waals surface area contributed by atoms with Gasteiger partial charge in [-0.3, -0.25) is 9.78 Å². The average molecular weight is 474 g/mol. The van der Waals surface area contributed by atoms with Gasteiger partial charge < -0.3 is 15.3 Å². The molecule has 32 heavy (non-hydrogen) atoms. The number of halogens is 2. The maximum atomic E-state index is 10.8. The van der Waals surface area contributed by atoms with Crippen LogP contribution < -0.4 is 0 Å². The third-order valence-corrected chi connectivity index (χ3v) is 5.59. The van der Waals surface area contributed by atoms with Gasteiger partial charge in [-0.1, -0.05) is 61.3 Å².